The molecular weight excluding hydrogens is 299 g/mol. The molecule has 1 atom stereocenters. The summed E-state index contributed by atoms with van der Waals surface area (Å²) < 4.78 is 1.63. The van der Waals surface area contributed by atoms with Crippen molar-refractivity contribution in [2.75, 3.05) is 26.2 Å². The van der Waals surface area contributed by atoms with Gasteiger partial charge in [-0.15, -0.1) is 11.3 Å². The van der Waals surface area contributed by atoms with Crippen LogP contribution in [0.4, 0.5) is 0 Å². The van der Waals surface area contributed by atoms with Crippen LogP contribution >= 0.6 is 34.5 Å². The highest BCUT2D eigenvalue weighted by atomic mass is 35.5. The van der Waals surface area contributed by atoms with Crippen LogP contribution < -0.4 is 5.32 Å². The van der Waals surface area contributed by atoms with Crippen LogP contribution in [0.2, 0.25) is 8.67 Å². The fraction of sp³-hybridized carbons (Fsp3) is 0.714. The number of halogens is 2. The summed E-state index contributed by atoms with van der Waals surface area (Å²) in [7, 11) is 0. The summed E-state index contributed by atoms with van der Waals surface area (Å²) in [5.74, 6) is 0.824. The number of likely N-dealkylation sites (tertiary alicyclic amines) is 1. The van der Waals surface area contributed by atoms with E-state index in [0.29, 0.717) is 6.04 Å². The van der Waals surface area contributed by atoms with Crippen molar-refractivity contribution in [3.63, 3.8) is 0 Å². The monoisotopic (exact) mass is 320 g/mol. The van der Waals surface area contributed by atoms with Crippen molar-refractivity contribution in [2.45, 2.75) is 32.7 Å². The first-order chi connectivity index (χ1) is 9.11. The predicted molar refractivity (Wildman–Crippen MR) is 85.6 cm³/mol. The zero-order chi connectivity index (χ0) is 13.8. The van der Waals surface area contributed by atoms with Crippen LogP contribution in [0.25, 0.3) is 0 Å². The molecule has 2 heterocycles. The molecule has 5 heteroatoms. The molecule has 0 aromatic carbocycles. The maximum absolute atomic E-state index is 6.25. The van der Waals surface area contributed by atoms with Gasteiger partial charge in [0, 0.05) is 11.6 Å². The largest absolute Gasteiger partial charge is 0.317 e. The Balaban J connectivity index is 1.89. The molecule has 1 aromatic rings. The zero-order valence-corrected chi connectivity index (χ0v) is 13.9. The first-order valence-corrected chi connectivity index (χ1v) is 8.58. The zero-order valence-electron chi connectivity index (χ0n) is 11.6. The molecule has 0 aliphatic carbocycles. The Hall–Kier alpha value is 0.200. The Morgan fingerprint density at radius 1 is 1.42 bits per heavy atom. The summed E-state index contributed by atoms with van der Waals surface area (Å²) in [5, 5.41) is 3.45. The topological polar surface area (TPSA) is 15.3 Å². The first-order valence-electron chi connectivity index (χ1n) is 7.01. The summed E-state index contributed by atoms with van der Waals surface area (Å²) >= 11 is 13.8. The molecule has 2 nitrogen and oxygen atoms in total. The van der Waals surface area contributed by atoms with Gasteiger partial charge in [0.2, 0.25) is 0 Å². The lowest BCUT2D eigenvalue weighted by Gasteiger charge is -2.36. The van der Waals surface area contributed by atoms with Gasteiger partial charge in [0.25, 0.3) is 0 Å². The molecule has 0 bridgehead atoms. The van der Waals surface area contributed by atoms with Gasteiger partial charge in [0.05, 0.1) is 8.67 Å². The third-order valence-electron chi connectivity index (χ3n) is 4.01. The number of hydrogen-bond acceptors (Lipinski definition) is 3. The van der Waals surface area contributed by atoms with Crippen LogP contribution in [0.1, 0.15) is 38.3 Å². The minimum atomic E-state index is 0.372. The van der Waals surface area contributed by atoms with E-state index >= 15 is 0 Å². The van der Waals surface area contributed by atoms with Crippen LogP contribution in [-0.2, 0) is 0 Å². The van der Waals surface area contributed by atoms with E-state index in [1.807, 2.05) is 6.07 Å². The first kappa shape index (κ1) is 15.6. The summed E-state index contributed by atoms with van der Waals surface area (Å²) in [6.45, 7) is 8.93. The number of nitrogens with zero attached hydrogens (tertiary/aromatic N) is 1. The molecule has 0 spiro atoms. The van der Waals surface area contributed by atoms with E-state index in [1.165, 1.54) is 29.7 Å². The molecule has 108 valence electrons. The minimum Gasteiger partial charge on any atom is -0.317 e. The van der Waals surface area contributed by atoms with Crippen LogP contribution in [0.5, 0.6) is 0 Å². The molecule has 1 unspecified atom stereocenters. The quantitative estimate of drug-likeness (QED) is 0.862. The molecule has 0 saturated carbocycles. The van der Waals surface area contributed by atoms with Gasteiger partial charge in [-0.05, 0) is 57.9 Å². The average Bonchev–Trinajstić information content (AvgIpc) is 2.75. The lowest BCUT2D eigenvalue weighted by molar-refractivity contribution is 0.140. The average molecular weight is 321 g/mol. The SMILES string of the molecule is CCNCC1CCN(C(C)c2cc(Cl)sc2Cl)CC1. The number of nitrogens with one attached hydrogen (secondary N) is 1. The Morgan fingerprint density at radius 2 is 2.11 bits per heavy atom. The lowest BCUT2D eigenvalue weighted by Crippen LogP contribution is -2.38. The molecule has 0 amide bonds. The Morgan fingerprint density at radius 3 is 2.63 bits per heavy atom. The molecule has 0 radical (unpaired) electrons. The maximum atomic E-state index is 6.25. The molecule has 19 heavy (non-hydrogen) atoms. The fourth-order valence-electron chi connectivity index (χ4n) is 2.73. The molecule has 1 aliphatic rings. The van der Waals surface area contributed by atoms with Crippen molar-refractivity contribution in [1.29, 1.82) is 0 Å². The van der Waals surface area contributed by atoms with Gasteiger partial charge in [0.15, 0.2) is 0 Å². The summed E-state index contributed by atoms with van der Waals surface area (Å²) in [6.07, 6.45) is 2.54. The van der Waals surface area contributed by atoms with Crippen LogP contribution in [0.15, 0.2) is 6.07 Å². The van der Waals surface area contributed by atoms with Crippen molar-refractivity contribution in [3.05, 3.63) is 20.3 Å². The number of rotatable bonds is 5. The minimum absolute atomic E-state index is 0.372. The Labute approximate surface area is 130 Å². The molecule has 1 saturated heterocycles. The second-order valence-corrected chi connectivity index (χ2v) is 7.53. The Kier molecular flexibility index (Phi) is 5.97. The number of hydrogen-bond donors (Lipinski definition) is 1. The van der Waals surface area contributed by atoms with Crippen molar-refractivity contribution in [3.8, 4) is 0 Å². The van der Waals surface area contributed by atoms with E-state index in [2.05, 4.69) is 24.1 Å². The molecule has 1 aromatic heterocycles. The van der Waals surface area contributed by atoms with Gasteiger partial charge in [-0.3, -0.25) is 4.90 Å². The van der Waals surface area contributed by atoms with Crippen LogP contribution in [0.3, 0.4) is 0 Å². The van der Waals surface area contributed by atoms with Crippen molar-refractivity contribution < 1.29 is 0 Å². The van der Waals surface area contributed by atoms with Crippen molar-refractivity contribution >= 4 is 34.5 Å². The third kappa shape index (κ3) is 4.08. The van der Waals surface area contributed by atoms with Crippen LogP contribution in [-0.4, -0.2) is 31.1 Å². The van der Waals surface area contributed by atoms with E-state index in [0.717, 1.165) is 40.8 Å². The second-order valence-electron chi connectivity index (χ2n) is 5.24. The molecule has 1 fully saturated rings. The summed E-state index contributed by atoms with van der Waals surface area (Å²) in [6, 6.07) is 2.39. The van der Waals surface area contributed by atoms with Gasteiger partial charge < -0.3 is 5.32 Å². The number of piperidine rings is 1. The van der Waals surface area contributed by atoms with Crippen molar-refractivity contribution in [2.24, 2.45) is 5.92 Å². The molecular formula is C14H22Cl2N2S. The molecule has 1 aliphatic heterocycles. The molecule has 2 rings (SSSR count). The smallest absolute Gasteiger partial charge is 0.0991 e. The summed E-state index contributed by atoms with van der Waals surface area (Å²) in [4.78, 5) is 2.52. The van der Waals surface area contributed by atoms with E-state index in [9.17, 15) is 0 Å². The van der Waals surface area contributed by atoms with Gasteiger partial charge in [-0.1, -0.05) is 30.1 Å². The van der Waals surface area contributed by atoms with E-state index in [1.54, 1.807) is 0 Å². The number of thiophene rings is 1. The van der Waals surface area contributed by atoms with E-state index in [4.69, 9.17) is 23.2 Å². The Bertz CT molecular complexity index is 400. The second kappa shape index (κ2) is 7.28. The van der Waals surface area contributed by atoms with Gasteiger partial charge >= 0.3 is 0 Å². The highest BCUT2D eigenvalue weighted by molar-refractivity contribution is 7.20. The fourth-order valence-corrected chi connectivity index (χ4v) is 4.36. The van der Waals surface area contributed by atoms with E-state index < -0.39 is 0 Å². The summed E-state index contributed by atoms with van der Waals surface area (Å²) in [5.41, 5.74) is 1.18. The highest BCUT2D eigenvalue weighted by Crippen LogP contribution is 2.38. The van der Waals surface area contributed by atoms with Gasteiger partial charge in [0.1, 0.15) is 0 Å². The van der Waals surface area contributed by atoms with Crippen molar-refractivity contribution in [1.82, 2.24) is 10.2 Å². The van der Waals surface area contributed by atoms with Crippen LogP contribution in [0, 0.1) is 5.92 Å². The molecule has 1 N–H and O–H groups in total. The predicted octanol–water partition coefficient (Wildman–Crippen LogP) is 4.44. The van der Waals surface area contributed by atoms with Gasteiger partial charge in [-0.25, -0.2) is 0 Å². The maximum Gasteiger partial charge on any atom is 0.0991 e. The standard InChI is InChI=1S/C14H22Cl2N2S/c1-3-17-9-11-4-6-18(7-5-11)10(2)12-8-13(15)19-14(12)16/h8,10-11,17H,3-7,9H2,1-2H3. The third-order valence-corrected chi connectivity index (χ3v) is 5.53. The normalized spacial score (nSPS) is 19.8. The van der Waals surface area contributed by atoms with E-state index in [-0.39, 0.29) is 0 Å². The highest BCUT2D eigenvalue weighted by Gasteiger charge is 2.25. The van der Waals surface area contributed by atoms with Gasteiger partial charge in [-0.2, -0.15) is 0 Å². The lowest BCUT2D eigenvalue weighted by atomic mass is 9.95.